The van der Waals surface area contributed by atoms with E-state index >= 15 is 0 Å². The number of ether oxygens (including phenoxy) is 1. The maximum Gasteiger partial charge on any atom is 0.125 e. The van der Waals surface area contributed by atoms with Crippen LogP contribution in [0.2, 0.25) is 10.0 Å². The van der Waals surface area contributed by atoms with Gasteiger partial charge in [-0.1, -0.05) is 50.0 Å². The number of hydrogen-bond donors (Lipinski definition) is 1. The van der Waals surface area contributed by atoms with Gasteiger partial charge in [0.1, 0.15) is 5.75 Å². The first-order valence-corrected chi connectivity index (χ1v) is 14.0. The second-order valence-electron chi connectivity index (χ2n) is 8.62. The number of halogens is 2. The second kappa shape index (κ2) is 19.2. The quantitative estimate of drug-likeness (QED) is 0.223. The first-order valence-electron chi connectivity index (χ1n) is 13.3. The van der Waals surface area contributed by atoms with Gasteiger partial charge in [0.05, 0.1) is 17.2 Å². The maximum atomic E-state index is 5.76. The summed E-state index contributed by atoms with van der Waals surface area (Å²) in [6, 6.07) is 6.81. The highest BCUT2D eigenvalue weighted by Gasteiger charge is 2.35. The molecule has 3 nitrogen and oxygen atoms in total. The molecule has 206 valence electrons. The van der Waals surface area contributed by atoms with E-state index in [1.54, 1.807) is 11.1 Å². The third-order valence-electron chi connectivity index (χ3n) is 6.69. The van der Waals surface area contributed by atoms with Crippen LogP contribution in [0.25, 0.3) is 0 Å². The molecule has 0 bridgehead atoms. The first kappa shape index (κ1) is 35.0. The third kappa shape index (κ3) is 9.38. The SMILES string of the molecule is C#C.C=C.CC.CCc1cc2c3c(c1OC)CCC3N(CCCNC)CC2.Cc1cc(Cl)c(Cl)cc1C. The lowest BCUT2D eigenvalue weighted by atomic mass is 9.90. The molecule has 1 heterocycles. The van der Waals surface area contributed by atoms with Crippen LogP contribution in [0.5, 0.6) is 5.75 Å². The molecule has 1 aliphatic heterocycles. The van der Waals surface area contributed by atoms with E-state index in [9.17, 15) is 0 Å². The van der Waals surface area contributed by atoms with Crippen molar-refractivity contribution >= 4 is 23.2 Å². The average Bonchev–Trinajstić information content (AvgIpc) is 3.39. The molecule has 0 spiro atoms. The van der Waals surface area contributed by atoms with Gasteiger partial charge < -0.3 is 10.1 Å². The van der Waals surface area contributed by atoms with Crippen LogP contribution >= 0.6 is 23.2 Å². The number of nitrogens with one attached hydrogen (secondary N) is 1. The summed E-state index contributed by atoms with van der Waals surface area (Å²) in [6.07, 6.45) is 14.0. The number of benzene rings is 2. The summed E-state index contributed by atoms with van der Waals surface area (Å²) in [5, 5.41) is 4.52. The molecule has 4 rings (SSSR count). The van der Waals surface area contributed by atoms with E-state index in [0.29, 0.717) is 16.1 Å². The molecule has 5 heteroatoms. The molecule has 1 aliphatic carbocycles. The molecular weight excluding hydrogens is 499 g/mol. The second-order valence-corrected chi connectivity index (χ2v) is 9.44. The fourth-order valence-corrected chi connectivity index (χ4v) is 5.37. The Morgan fingerprint density at radius 3 is 2.11 bits per heavy atom. The largest absolute Gasteiger partial charge is 0.496 e. The Hall–Kier alpha value is -1.96. The molecular formula is C32H48Cl2N2O. The van der Waals surface area contributed by atoms with Crippen molar-refractivity contribution in [3.8, 4) is 18.6 Å². The van der Waals surface area contributed by atoms with E-state index < -0.39 is 0 Å². The van der Waals surface area contributed by atoms with Gasteiger partial charge in [-0.05, 0) is 112 Å². The predicted octanol–water partition coefficient (Wildman–Crippen LogP) is 8.40. The molecule has 2 aromatic rings. The Morgan fingerprint density at radius 1 is 1.05 bits per heavy atom. The highest BCUT2D eigenvalue weighted by molar-refractivity contribution is 6.42. The summed E-state index contributed by atoms with van der Waals surface area (Å²) in [5.41, 5.74) is 8.46. The summed E-state index contributed by atoms with van der Waals surface area (Å²) in [7, 11) is 3.87. The predicted molar refractivity (Wildman–Crippen MR) is 166 cm³/mol. The number of hydrogen-bond acceptors (Lipinski definition) is 3. The minimum atomic E-state index is 0.629. The zero-order valence-electron chi connectivity index (χ0n) is 24.1. The maximum absolute atomic E-state index is 5.76. The van der Waals surface area contributed by atoms with Gasteiger partial charge in [0, 0.05) is 12.6 Å². The van der Waals surface area contributed by atoms with Crippen molar-refractivity contribution < 1.29 is 4.74 Å². The van der Waals surface area contributed by atoms with Crippen LogP contribution in [0.4, 0.5) is 0 Å². The molecule has 0 fully saturated rings. The zero-order valence-corrected chi connectivity index (χ0v) is 25.7. The van der Waals surface area contributed by atoms with Crippen molar-refractivity contribution in [1.82, 2.24) is 10.2 Å². The molecule has 2 aromatic carbocycles. The lowest BCUT2D eigenvalue weighted by molar-refractivity contribution is 0.183. The molecule has 0 saturated heterocycles. The van der Waals surface area contributed by atoms with Crippen LogP contribution in [0.15, 0.2) is 31.4 Å². The Labute approximate surface area is 237 Å². The van der Waals surface area contributed by atoms with Crippen LogP contribution in [-0.2, 0) is 19.3 Å². The number of terminal acetylenes is 1. The van der Waals surface area contributed by atoms with Gasteiger partial charge in [-0.2, -0.15) is 0 Å². The van der Waals surface area contributed by atoms with Gasteiger partial charge in [-0.15, -0.1) is 26.0 Å². The Bertz CT molecular complexity index is 921. The Kier molecular flexibility index (Phi) is 18.1. The molecule has 0 radical (unpaired) electrons. The van der Waals surface area contributed by atoms with Gasteiger partial charge in [-0.3, -0.25) is 4.90 Å². The topological polar surface area (TPSA) is 24.5 Å². The summed E-state index contributed by atoms with van der Waals surface area (Å²) in [5.74, 6) is 1.18. The molecule has 1 unspecified atom stereocenters. The van der Waals surface area contributed by atoms with Crippen molar-refractivity contribution in [2.75, 3.05) is 33.8 Å². The average molecular weight is 548 g/mol. The smallest absolute Gasteiger partial charge is 0.125 e. The molecule has 1 atom stereocenters. The molecule has 0 saturated carbocycles. The van der Waals surface area contributed by atoms with Crippen molar-refractivity contribution in [2.45, 2.75) is 72.8 Å². The normalized spacial score (nSPS) is 14.7. The molecule has 2 aliphatic rings. The van der Waals surface area contributed by atoms with Crippen molar-refractivity contribution in [2.24, 2.45) is 0 Å². The molecule has 1 N–H and O–H groups in total. The van der Waals surface area contributed by atoms with Gasteiger partial charge in [-0.25, -0.2) is 0 Å². The molecule has 37 heavy (non-hydrogen) atoms. The van der Waals surface area contributed by atoms with Crippen molar-refractivity contribution in [1.29, 1.82) is 0 Å². The van der Waals surface area contributed by atoms with Gasteiger partial charge in [0.15, 0.2) is 0 Å². The lowest BCUT2D eigenvalue weighted by Gasteiger charge is -2.35. The summed E-state index contributed by atoms with van der Waals surface area (Å²) < 4.78 is 5.76. The highest BCUT2D eigenvalue weighted by Crippen LogP contribution is 2.46. The molecule has 0 amide bonds. The third-order valence-corrected chi connectivity index (χ3v) is 7.41. The summed E-state index contributed by atoms with van der Waals surface area (Å²) >= 11 is 11.5. The van der Waals surface area contributed by atoms with E-state index in [-0.39, 0.29) is 0 Å². The van der Waals surface area contributed by atoms with E-state index in [2.05, 4.69) is 49.2 Å². The minimum absolute atomic E-state index is 0.629. The fraction of sp³-hybridized carbons (Fsp3) is 0.500. The van der Waals surface area contributed by atoms with Crippen LogP contribution in [-0.4, -0.2) is 38.7 Å². The summed E-state index contributed by atoms with van der Waals surface area (Å²) in [6.45, 7) is 19.8. The minimum Gasteiger partial charge on any atom is -0.496 e. The Morgan fingerprint density at radius 2 is 1.62 bits per heavy atom. The van der Waals surface area contributed by atoms with E-state index in [4.69, 9.17) is 27.9 Å². The zero-order chi connectivity index (χ0) is 28.5. The summed E-state index contributed by atoms with van der Waals surface area (Å²) in [4.78, 5) is 2.70. The van der Waals surface area contributed by atoms with Gasteiger partial charge >= 0.3 is 0 Å². The van der Waals surface area contributed by atoms with Crippen LogP contribution in [0, 0.1) is 26.7 Å². The van der Waals surface area contributed by atoms with E-state index in [1.165, 1.54) is 66.8 Å². The van der Waals surface area contributed by atoms with E-state index in [1.807, 2.05) is 54.0 Å². The number of aryl methyl sites for hydroxylation is 3. The highest BCUT2D eigenvalue weighted by atomic mass is 35.5. The number of rotatable bonds is 6. The first-order chi connectivity index (χ1) is 17.9. The Balaban J connectivity index is 0.000000682. The number of nitrogens with zero attached hydrogens (tertiary/aromatic N) is 1. The van der Waals surface area contributed by atoms with Crippen LogP contribution in [0.1, 0.15) is 73.0 Å². The van der Waals surface area contributed by atoms with Crippen LogP contribution < -0.4 is 10.1 Å². The monoisotopic (exact) mass is 546 g/mol. The van der Waals surface area contributed by atoms with Crippen LogP contribution in [0.3, 0.4) is 0 Å². The van der Waals surface area contributed by atoms with Crippen molar-refractivity contribution in [3.63, 3.8) is 0 Å². The standard InChI is InChI=1S/C18H28N2O.C8H8Cl2.C2H6.C2H4.C2H2/c1-4-13-12-14-8-11-20(10-5-9-19-2)16-7-6-15(17(14)16)18(13)21-3;1-5-3-7(9)8(10)4-6(5)2;3*1-2/h12,16,19H,4-11H2,1-3H3;3-4H,1-2H3;1-2H3;1-2H2;1-2H. The van der Waals surface area contributed by atoms with Gasteiger partial charge in [0.2, 0.25) is 0 Å². The van der Waals surface area contributed by atoms with Gasteiger partial charge in [0.25, 0.3) is 0 Å². The lowest BCUT2D eigenvalue weighted by Crippen LogP contribution is -2.36. The van der Waals surface area contributed by atoms with Crippen molar-refractivity contribution in [3.05, 3.63) is 74.8 Å². The van der Waals surface area contributed by atoms with E-state index in [0.717, 1.165) is 13.0 Å². The molecule has 0 aromatic heterocycles. The fourth-order valence-electron chi connectivity index (χ4n) is 4.93. The number of methoxy groups -OCH3 is 1.